The van der Waals surface area contributed by atoms with E-state index >= 15 is 0 Å². The van der Waals surface area contributed by atoms with Crippen LogP contribution < -0.4 is 5.32 Å². The first-order valence-electron chi connectivity index (χ1n) is 6.40. The summed E-state index contributed by atoms with van der Waals surface area (Å²) in [7, 11) is 2.07. The lowest BCUT2D eigenvalue weighted by Crippen LogP contribution is -2.53. The van der Waals surface area contributed by atoms with E-state index in [2.05, 4.69) is 42.2 Å². The molecule has 1 aliphatic rings. The molecule has 17 heavy (non-hydrogen) atoms. The summed E-state index contributed by atoms with van der Waals surface area (Å²) in [4.78, 5) is 6.69. The van der Waals surface area contributed by atoms with Crippen LogP contribution in [0.15, 0.2) is 24.5 Å². The maximum Gasteiger partial charge on any atom is 0.0312 e. The van der Waals surface area contributed by atoms with Crippen molar-refractivity contribution in [3.8, 4) is 0 Å². The maximum atomic E-state index is 4.18. The highest BCUT2D eigenvalue weighted by Gasteiger charge is 2.34. The van der Waals surface area contributed by atoms with Crippen LogP contribution in [0.3, 0.4) is 0 Å². The minimum Gasteiger partial charge on any atom is -0.315 e. The van der Waals surface area contributed by atoms with Crippen molar-refractivity contribution in [2.45, 2.75) is 32.9 Å². The molecule has 1 aliphatic heterocycles. The predicted molar refractivity (Wildman–Crippen MR) is 70.8 cm³/mol. The molecule has 1 aromatic rings. The van der Waals surface area contributed by atoms with Crippen LogP contribution in [0.1, 0.15) is 25.8 Å². The van der Waals surface area contributed by atoms with Gasteiger partial charge in [-0.15, -0.1) is 0 Å². The summed E-state index contributed by atoms with van der Waals surface area (Å²) in [6.45, 7) is 8.03. The van der Waals surface area contributed by atoms with Crippen LogP contribution in [0.4, 0.5) is 0 Å². The van der Waals surface area contributed by atoms with Crippen LogP contribution in [0.5, 0.6) is 0 Å². The molecular formula is C14H23N3. The van der Waals surface area contributed by atoms with E-state index in [-0.39, 0.29) is 0 Å². The van der Waals surface area contributed by atoms with Crippen molar-refractivity contribution in [2.75, 3.05) is 20.1 Å². The smallest absolute Gasteiger partial charge is 0.0312 e. The zero-order chi connectivity index (χ0) is 12.3. The lowest BCUT2D eigenvalue weighted by molar-refractivity contribution is 0.0849. The molecule has 0 aliphatic carbocycles. The summed E-state index contributed by atoms with van der Waals surface area (Å²) in [5.41, 5.74) is 1.71. The lowest BCUT2D eigenvalue weighted by atomic mass is 9.78. The molecule has 1 saturated heterocycles. The second-order valence-electron chi connectivity index (χ2n) is 5.68. The first-order valence-corrected chi connectivity index (χ1v) is 6.40. The normalized spacial score (nSPS) is 24.8. The van der Waals surface area contributed by atoms with E-state index in [1.165, 1.54) is 18.5 Å². The highest BCUT2D eigenvalue weighted by atomic mass is 15.2. The van der Waals surface area contributed by atoms with Gasteiger partial charge in [0, 0.05) is 31.5 Å². The Balaban J connectivity index is 1.96. The number of piperidine rings is 1. The molecule has 3 heteroatoms. The van der Waals surface area contributed by atoms with E-state index in [4.69, 9.17) is 0 Å². The van der Waals surface area contributed by atoms with E-state index in [0.717, 1.165) is 13.1 Å². The molecule has 2 heterocycles. The molecule has 0 saturated carbocycles. The number of pyridine rings is 1. The minimum atomic E-state index is 0.403. The van der Waals surface area contributed by atoms with Crippen molar-refractivity contribution in [3.05, 3.63) is 30.1 Å². The van der Waals surface area contributed by atoms with E-state index in [1.807, 2.05) is 18.5 Å². The molecule has 0 bridgehead atoms. The highest BCUT2D eigenvalue weighted by molar-refractivity contribution is 5.08. The Kier molecular flexibility index (Phi) is 3.79. The number of aromatic nitrogens is 1. The molecule has 94 valence electrons. The molecule has 1 aromatic heterocycles. The third-order valence-corrected chi connectivity index (χ3v) is 3.93. The number of likely N-dealkylation sites (tertiary alicyclic amines) is 1. The Morgan fingerprint density at radius 3 is 3.00 bits per heavy atom. The van der Waals surface area contributed by atoms with Gasteiger partial charge in [0.25, 0.3) is 0 Å². The summed E-state index contributed by atoms with van der Waals surface area (Å²) in [5, 5.41) is 3.45. The van der Waals surface area contributed by atoms with Crippen LogP contribution in [0, 0.1) is 5.41 Å². The topological polar surface area (TPSA) is 28.2 Å². The van der Waals surface area contributed by atoms with Crippen molar-refractivity contribution in [3.63, 3.8) is 0 Å². The molecule has 1 unspecified atom stereocenters. The average Bonchev–Trinajstić information content (AvgIpc) is 2.33. The fourth-order valence-electron chi connectivity index (χ4n) is 2.59. The molecule has 0 aromatic carbocycles. The largest absolute Gasteiger partial charge is 0.315 e. The van der Waals surface area contributed by atoms with Gasteiger partial charge in [0.05, 0.1) is 0 Å². The average molecular weight is 233 g/mol. The molecule has 2 rings (SSSR count). The van der Waals surface area contributed by atoms with Crippen molar-refractivity contribution in [2.24, 2.45) is 5.41 Å². The van der Waals surface area contributed by atoms with E-state index in [1.54, 1.807) is 0 Å². The Morgan fingerprint density at radius 2 is 2.35 bits per heavy atom. The van der Waals surface area contributed by atoms with Gasteiger partial charge >= 0.3 is 0 Å². The van der Waals surface area contributed by atoms with Gasteiger partial charge in [-0.25, -0.2) is 0 Å². The molecule has 0 amide bonds. The van der Waals surface area contributed by atoms with Crippen LogP contribution in [-0.4, -0.2) is 36.1 Å². The van der Waals surface area contributed by atoms with Crippen LogP contribution in [0.2, 0.25) is 0 Å². The molecule has 1 N–H and O–H groups in total. The number of hydrogen-bond donors (Lipinski definition) is 1. The van der Waals surface area contributed by atoms with Gasteiger partial charge in [-0.3, -0.25) is 9.88 Å². The SMILES string of the molecule is CNC1CN(Cc2cccnc2)CCC1(C)C. The van der Waals surface area contributed by atoms with Gasteiger partial charge < -0.3 is 5.32 Å². The van der Waals surface area contributed by atoms with Gasteiger partial charge in [0.15, 0.2) is 0 Å². The fraction of sp³-hybridized carbons (Fsp3) is 0.643. The van der Waals surface area contributed by atoms with E-state index < -0.39 is 0 Å². The van der Waals surface area contributed by atoms with Crippen molar-refractivity contribution in [1.82, 2.24) is 15.2 Å². The van der Waals surface area contributed by atoms with Gasteiger partial charge in [0.2, 0.25) is 0 Å². The van der Waals surface area contributed by atoms with Crippen LogP contribution in [0.25, 0.3) is 0 Å². The van der Waals surface area contributed by atoms with Gasteiger partial charge in [0.1, 0.15) is 0 Å². The van der Waals surface area contributed by atoms with Gasteiger partial charge in [-0.2, -0.15) is 0 Å². The monoisotopic (exact) mass is 233 g/mol. The number of likely N-dealkylation sites (N-methyl/N-ethyl adjacent to an activating group) is 1. The van der Waals surface area contributed by atoms with E-state index in [0.29, 0.717) is 11.5 Å². The van der Waals surface area contributed by atoms with Crippen molar-refractivity contribution >= 4 is 0 Å². The standard InChI is InChI=1S/C14H23N3/c1-14(2)6-8-17(11-13(14)15-3)10-12-5-4-7-16-9-12/h4-5,7,9,13,15H,6,8,10-11H2,1-3H3. The van der Waals surface area contributed by atoms with Crippen molar-refractivity contribution < 1.29 is 0 Å². The number of nitrogens with one attached hydrogen (secondary N) is 1. The number of hydrogen-bond acceptors (Lipinski definition) is 3. The molecular weight excluding hydrogens is 210 g/mol. The maximum absolute atomic E-state index is 4.18. The van der Waals surface area contributed by atoms with Crippen LogP contribution >= 0.6 is 0 Å². The second kappa shape index (κ2) is 5.15. The van der Waals surface area contributed by atoms with Gasteiger partial charge in [-0.05, 0) is 37.1 Å². The van der Waals surface area contributed by atoms with Crippen LogP contribution in [-0.2, 0) is 6.54 Å². The summed E-state index contributed by atoms with van der Waals surface area (Å²) >= 11 is 0. The quantitative estimate of drug-likeness (QED) is 0.864. The molecule has 1 fully saturated rings. The minimum absolute atomic E-state index is 0.403. The number of rotatable bonds is 3. The second-order valence-corrected chi connectivity index (χ2v) is 5.68. The lowest BCUT2D eigenvalue weighted by Gasteiger charge is -2.44. The summed E-state index contributed by atoms with van der Waals surface area (Å²) < 4.78 is 0. The molecule has 0 spiro atoms. The third-order valence-electron chi connectivity index (χ3n) is 3.93. The highest BCUT2D eigenvalue weighted by Crippen LogP contribution is 2.30. The Labute approximate surface area is 104 Å². The zero-order valence-corrected chi connectivity index (χ0v) is 11.1. The molecule has 0 radical (unpaired) electrons. The summed E-state index contributed by atoms with van der Waals surface area (Å²) in [6.07, 6.45) is 5.05. The molecule has 3 nitrogen and oxygen atoms in total. The first-order chi connectivity index (χ1) is 8.12. The van der Waals surface area contributed by atoms with Crippen molar-refractivity contribution in [1.29, 1.82) is 0 Å². The third kappa shape index (κ3) is 3.05. The Hall–Kier alpha value is -0.930. The fourth-order valence-corrected chi connectivity index (χ4v) is 2.59. The van der Waals surface area contributed by atoms with Gasteiger partial charge in [-0.1, -0.05) is 19.9 Å². The Bertz CT molecular complexity index is 348. The summed E-state index contributed by atoms with van der Waals surface area (Å²) in [5.74, 6) is 0. The Morgan fingerprint density at radius 1 is 1.53 bits per heavy atom. The predicted octanol–water partition coefficient (Wildman–Crippen LogP) is 1.90. The molecule has 1 atom stereocenters. The zero-order valence-electron chi connectivity index (χ0n) is 11.1. The van der Waals surface area contributed by atoms with E-state index in [9.17, 15) is 0 Å². The first kappa shape index (κ1) is 12.5. The summed E-state index contributed by atoms with van der Waals surface area (Å²) in [6, 6.07) is 4.74. The number of nitrogens with zero attached hydrogens (tertiary/aromatic N) is 2.